The lowest BCUT2D eigenvalue weighted by atomic mass is 9.44. The molecular weight excluding hydrogens is 456 g/mol. The highest BCUT2D eigenvalue weighted by molar-refractivity contribution is 7.82. The summed E-state index contributed by atoms with van der Waals surface area (Å²) in [5.41, 5.74) is 0.0553. The third-order valence-corrected chi connectivity index (χ3v) is 7.90. The maximum absolute atomic E-state index is 15.5. The van der Waals surface area contributed by atoms with Crippen molar-refractivity contribution >= 4 is 16.9 Å². The Bertz CT molecular complexity index is 1120. The zero-order valence-corrected chi connectivity index (χ0v) is 18.8. The lowest BCUT2D eigenvalue weighted by Gasteiger charge is -2.61. The molecule has 1 aliphatic heterocycles. The van der Waals surface area contributed by atoms with Gasteiger partial charge in [-0.05, 0) is 54.9 Å². The highest BCUT2D eigenvalue weighted by atomic mass is 32.2. The number of likely N-dealkylation sites (tertiary alicyclic amines) is 1. The summed E-state index contributed by atoms with van der Waals surface area (Å²) >= 11 is 0. The molecule has 2 bridgehead atoms. The van der Waals surface area contributed by atoms with Crippen molar-refractivity contribution in [2.24, 2.45) is 11.3 Å². The van der Waals surface area contributed by atoms with E-state index in [1.165, 1.54) is 41.5 Å². The van der Waals surface area contributed by atoms with Gasteiger partial charge in [-0.3, -0.25) is 4.79 Å². The minimum absolute atomic E-state index is 0.142. The molecule has 1 heterocycles. The number of benzene rings is 2. The van der Waals surface area contributed by atoms with Gasteiger partial charge in [0.15, 0.2) is 0 Å². The maximum atomic E-state index is 15.5. The fraction of sp³-hybridized carbons (Fsp3) is 0.458. The monoisotopic (exact) mass is 480 g/mol. The number of halogens is 4. The predicted molar refractivity (Wildman–Crippen MR) is 117 cm³/mol. The lowest BCUT2D eigenvalue weighted by molar-refractivity contribution is -0.178. The van der Waals surface area contributed by atoms with E-state index in [4.69, 9.17) is 0 Å². The molecule has 176 valence electrons. The van der Waals surface area contributed by atoms with E-state index in [0.717, 1.165) is 0 Å². The molecule has 3 atom stereocenters. The van der Waals surface area contributed by atoms with E-state index in [1.807, 2.05) is 0 Å². The van der Waals surface area contributed by atoms with E-state index < -0.39 is 52.6 Å². The number of carbonyl (C=O) groups is 1. The molecule has 2 aromatic rings. The van der Waals surface area contributed by atoms with E-state index in [-0.39, 0.29) is 23.5 Å². The molecule has 0 aromatic heterocycles. The van der Waals surface area contributed by atoms with E-state index in [1.54, 1.807) is 12.1 Å². The van der Waals surface area contributed by atoms with Gasteiger partial charge < -0.3 is 4.90 Å². The van der Waals surface area contributed by atoms with Crippen LogP contribution in [0, 0.1) is 23.0 Å². The molecule has 1 amide bonds. The standard InChI is InChI=1S/C24H24F4N2O2S/c1-33(32)29-21-19(30(13-24(21,27)28)22(31)23-10-14(11-23)12-23)9-16-5-3-7-18(20(16)26)15-4-2-6-17(25)8-15/h2-8,14,19,21,29H,9-13H2,1H3/t14?,19-,21+,23?,33?/m0/s1. The second-order valence-corrected chi connectivity index (χ2v) is 10.7. The van der Waals surface area contributed by atoms with Gasteiger partial charge in [0.2, 0.25) is 5.91 Å². The number of amides is 1. The van der Waals surface area contributed by atoms with Crippen molar-refractivity contribution in [1.82, 2.24) is 9.62 Å². The van der Waals surface area contributed by atoms with Crippen LogP contribution in [0.1, 0.15) is 24.8 Å². The molecule has 3 aliphatic carbocycles. The smallest absolute Gasteiger partial charge is 0.283 e. The fourth-order valence-electron chi connectivity index (χ4n) is 5.58. The molecular formula is C24H24F4N2O2S. The van der Waals surface area contributed by atoms with Crippen LogP contribution in [0.5, 0.6) is 0 Å². The first-order chi connectivity index (χ1) is 15.6. The van der Waals surface area contributed by atoms with Crippen LogP contribution in [0.25, 0.3) is 11.1 Å². The molecule has 9 heteroatoms. The van der Waals surface area contributed by atoms with Gasteiger partial charge in [-0.15, -0.1) is 0 Å². The van der Waals surface area contributed by atoms with Gasteiger partial charge >= 0.3 is 0 Å². The third kappa shape index (κ3) is 3.79. The molecule has 1 saturated heterocycles. The number of hydrogen-bond acceptors (Lipinski definition) is 2. The Morgan fingerprint density at radius 3 is 2.45 bits per heavy atom. The average Bonchev–Trinajstić information content (AvgIpc) is 2.91. The van der Waals surface area contributed by atoms with Gasteiger partial charge in [0.05, 0.1) is 29.0 Å². The molecule has 33 heavy (non-hydrogen) atoms. The summed E-state index contributed by atoms with van der Waals surface area (Å²) in [6, 6.07) is 7.42. The van der Waals surface area contributed by atoms with Gasteiger partial charge in [-0.1, -0.05) is 30.3 Å². The summed E-state index contributed by atoms with van der Waals surface area (Å²) in [6.45, 7) is -0.789. The molecule has 3 saturated carbocycles. The quantitative estimate of drug-likeness (QED) is 0.634. The fourth-order valence-corrected chi connectivity index (χ4v) is 6.27. The molecule has 4 aliphatic rings. The number of nitrogens with one attached hydrogen (secondary N) is 1. The topological polar surface area (TPSA) is 49.4 Å². The van der Waals surface area contributed by atoms with Crippen molar-refractivity contribution in [2.75, 3.05) is 12.8 Å². The van der Waals surface area contributed by atoms with Gasteiger partial charge in [0.1, 0.15) is 17.7 Å². The number of hydrogen-bond donors (Lipinski definition) is 1. The zero-order valence-electron chi connectivity index (χ0n) is 18.0. The molecule has 1 N–H and O–H groups in total. The van der Waals surface area contributed by atoms with Crippen LogP contribution in [-0.2, 0) is 22.2 Å². The molecule has 1 unspecified atom stereocenters. The Kier molecular flexibility index (Phi) is 5.40. The Morgan fingerprint density at radius 2 is 1.85 bits per heavy atom. The van der Waals surface area contributed by atoms with Crippen LogP contribution >= 0.6 is 0 Å². The van der Waals surface area contributed by atoms with Crippen LogP contribution in [0.2, 0.25) is 0 Å². The van der Waals surface area contributed by atoms with Crippen LogP contribution < -0.4 is 4.72 Å². The molecule has 4 fully saturated rings. The Hall–Kier alpha value is -2.26. The van der Waals surface area contributed by atoms with E-state index >= 15 is 13.2 Å². The zero-order chi connectivity index (χ0) is 23.5. The van der Waals surface area contributed by atoms with Crippen molar-refractivity contribution in [3.8, 4) is 11.1 Å². The summed E-state index contributed by atoms with van der Waals surface area (Å²) < 4.78 is 73.4. The van der Waals surface area contributed by atoms with Gasteiger partial charge in [0.25, 0.3) is 5.92 Å². The number of nitrogens with zero attached hydrogens (tertiary/aromatic N) is 1. The summed E-state index contributed by atoms with van der Waals surface area (Å²) in [6.07, 6.45) is 3.21. The second kappa shape index (κ2) is 7.91. The van der Waals surface area contributed by atoms with Crippen molar-refractivity contribution < 1.29 is 26.6 Å². The highest BCUT2D eigenvalue weighted by Gasteiger charge is 2.66. The SMILES string of the molecule is CS(=O)N[C@@H]1[C@H](Cc2cccc(-c3cccc(F)c3)c2F)N(C(=O)C23CC(C2)C3)CC1(F)F. The first-order valence-electron chi connectivity index (χ1n) is 10.9. The maximum Gasteiger partial charge on any atom is 0.283 e. The molecule has 0 spiro atoms. The van der Waals surface area contributed by atoms with Crippen molar-refractivity contribution in [3.63, 3.8) is 0 Å². The Labute approximate surface area is 191 Å². The largest absolute Gasteiger partial charge is 0.331 e. The van der Waals surface area contributed by atoms with Gasteiger partial charge in [0, 0.05) is 11.8 Å². The first kappa shape index (κ1) is 22.5. The third-order valence-electron chi connectivity index (χ3n) is 7.31. The van der Waals surface area contributed by atoms with Crippen LogP contribution in [0.15, 0.2) is 42.5 Å². The number of carbonyl (C=O) groups excluding carboxylic acids is 1. The van der Waals surface area contributed by atoms with Crippen molar-refractivity contribution in [1.29, 1.82) is 0 Å². The highest BCUT2D eigenvalue weighted by Crippen LogP contribution is 2.65. The molecule has 2 aromatic carbocycles. The number of rotatable bonds is 6. The van der Waals surface area contributed by atoms with Crippen molar-refractivity contribution in [2.45, 2.75) is 43.7 Å². The van der Waals surface area contributed by atoms with Gasteiger partial charge in [-0.2, -0.15) is 0 Å². The predicted octanol–water partition coefficient (Wildman–Crippen LogP) is 4.07. The first-order valence-corrected chi connectivity index (χ1v) is 12.5. The lowest BCUT2D eigenvalue weighted by Crippen LogP contribution is -2.62. The van der Waals surface area contributed by atoms with E-state index in [0.29, 0.717) is 30.7 Å². The van der Waals surface area contributed by atoms with E-state index in [9.17, 15) is 13.4 Å². The number of alkyl halides is 2. The van der Waals surface area contributed by atoms with Crippen molar-refractivity contribution in [3.05, 3.63) is 59.7 Å². The van der Waals surface area contributed by atoms with Crippen LogP contribution in [0.4, 0.5) is 17.6 Å². The van der Waals surface area contributed by atoms with Crippen LogP contribution in [-0.4, -0.2) is 45.8 Å². The normalized spacial score (nSPS) is 30.5. The average molecular weight is 481 g/mol. The Morgan fingerprint density at radius 1 is 1.15 bits per heavy atom. The summed E-state index contributed by atoms with van der Waals surface area (Å²) in [5.74, 6) is -4.30. The van der Waals surface area contributed by atoms with E-state index in [2.05, 4.69) is 4.72 Å². The summed E-state index contributed by atoms with van der Waals surface area (Å²) in [5, 5.41) is 0. The van der Waals surface area contributed by atoms with Crippen LogP contribution in [0.3, 0.4) is 0 Å². The minimum atomic E-state index is -3.31. The minimum Gasteiger partial charge on any atom is -0.331 e. The molecule has 0 radical (unpaired) electrons. The summed E-state index contributed by atoms with van der Waals surface area (Å²) in [4.78, 5) is 14.4. The molecule has 4 nitrogen and oxygen atoms in total. The van der Waals surface area contributed by atoms with Gasteiger partial charge in [-0.25, -0.2) is 26.5 Å². The molecule has 6 rings (SSSR count). The summed E-state index contributed by atoms with van der Waals surface area (Å²) in [7, 11) is -1.75. The Balaban J connectivity index is 1.50. The second-order valence-electron chi connectivity index (χ2n) is 9.56.